The minimum absolute atomic E-state index is 0.0133. The minimum Gasteiger partial charge on any atom is -0.396 e. The number of amidine groups is 1. The molecular weight excluding hydrogens is 230 g/mol. The highest BCUT2D eigenvalue weighted by molar-refractivity contribution is 6.07. The Morgan fingerprint density at radius 1 is 1.33 bits per heavy atom. The average molecular weight is 245 g/mol. The Hall–Kier alpha value is -2.14. The molecule has 94 valence electrons. The third kappa shape index (κ3) is 3.18. The van der Waals surface area contributed by atoms with E-state index in [1.54, 1.807) is 6.08 Å². The van der Waals surface area contributed by atoms with Crippen molar-refractivity contribution in [2.45, 2.75) is 12.8 Å². The second kappa shape index (κ2) is 5.97. The van der Waals surface area contributed by atoms with Gasteiger partial charge in [-0.1, -0.05) is 18.2 Å². The van der Waals surface area contributed by atoms with Gasteiger partial charge in [0.15, 0.2) is 5.84 Å². The highest BCUT2D eigenvalue weighted by atomic mass is 16.3. The molecule has 1 aromatic rings. The van der Waals surface area contributed by atoms with Crippen molar-refractivity contribution in [2.24, 2.45) is 5.10 Å². The lowest BCUT2D eigenvalue weighted by atomic mass is 10.1. The van der Waals surface area contributed by atoms with Crippen LogP contribution in [0.25, 0.3) is 6.08 Å². The van der Waals surface area contributed by atoms with Gasteiger partial charge in [0.2, 0.25) is 5.91 Å². The number of anilines is 1. The number of aliphatic hydroxyl groups excluding tert-OH is 1. The van der Waals surface area contributed by atoms with Crippen LogP contribution < -0.4 is 10.7 Å². The van der Waals surface area contributed by atoms with Crippen LogP contribution in [0.5, 0.6) is 0 Å². The first-order chi connectivity index (χ1) is 8.79. The number of nitrogens with zero attached hydrogens (tertiary/aromatic N) is 1. The number of carbonyl (C=O) groups excluding carboxylic acids is 1. The van der Waals surface area contributed by atoms with E-state index in [0.29, 0.717) is 12.3 Å². The van der Waals surface area contributed by atoms with E-state index in [2.05, 4.69) is 15.8 Å². The first kappa shape index (κ1) is 12.3. The Morgan fingerprint density at radius 3 is 3.00 bits per heavy atom. The molecule has 0 unspecified atom stereocenters. The van der Waals surface area contributed by atoms with E-state index in [1.807, 2.05) is 30.3 Å². The Balaban J connectivity index is 2.01. The van der Waals surface area contributed by atoms with Gasteiger partial charge in [-0.15, -0.1) is 0 Å². The molecule has 0 aliphatic carbocycles. The Morgan fingerprint density at radius 2 is 2.17 bits per heavy atom. The highest BCUT2D eigenvalue weighted by Crippen LogP contribution is 2.18. The molecule has 0 saturated carbocycles. The summed E-state index contributed by atoms with van der Waals surface area (Å²) in [4.78, 5) is 11.5. The number of hydrogen-bond donors (Lipinski definition) is 3. The van der Waals surface area contributed by atoms with E-state index in [4.69, 9.17) is 5.11 Å². The number of benzene rings is 1. The van der Waals surface area contributed by atoms with Gasteiger partial charge >= 0.3 is 0 Å². The number of hydrogen-bond acceptors (Lipinski definition) is 4. The summed E-state index contributed by atoms with van der Waals surface area (Å²) < 4.78 is 0. The van der Waals surface area contributed by atoms with Crippen molar-refractivity contribution in [1.82, 2.24) is 5.32 Å². The average Bonchev–Trinajstić information content (AvgIpc) is 2.59. The summed E-state index contributed by atoms with van der Waals surface area (Å²) in [5.74, 6) is 0.314. The van der Waals surface area contributed by atoms with Crippen molar-refractivity contribution in [3.63, 3.8) is 0 Å². The second-order valence-corrected chi connectivity index (χ2v) is 3.90. The summed E-state index contributed by atoms with van der Waals surface area (Å²) in [5, 5.41) is 15.4. The Bertz CT molecular complexity index is 495. The molecule has 0 aromatic heterocycles. The molecule has 1 heterocycles. The van der Waals surface area contributed by atoms with Crippen LogP contribution in [0.1, 0.15) is 18.4 Å². The number of para-hydroxylation sites is 1. The first-order valence-electron chi connectivity index (χ1n) is 5.81. The number of fused-ring (bicyclic) bond motifs is 1. The van der Waals surface area contributed by atoms with Crippen molar-refractivity contribution in [1.29, 1.82) is 0 Å². The summed E-state index contributed by atoms with van der Waals surface area (Å²) in [6.07, 6.45) is 4.38. The minimum atomic E-state index is -0.153. The molecule has 1 aliphatic rings. The predicted octanol–water partition coefficient (Wildman–Crippen LogP) is 1.33. The molecule has 0 bridgehead atoms. The fourth-order valence-electron chi connectivity index (χ4n) is 1.59. The highest BCUT2D eigenvalue weighted by Gasteiger charge is 2.07. The number of aliphatic hydroxyl groups is 1. The Labute approximate surface area is 105 Å². The van der Waals surface area contributed by atoms with Gasteiger partial charge in [-0.05, 0) is 30.2 Å². The molecule has 2 rings (SSSR count). The molecular formula is C13H15N3O2. The summed E-state index contributed by atoms with van der Waals surface area (Å²) in [6, 6.07) is 7.74. The van der Waals surface area contributed by atoms with Gasteiger partial charge in [0.05, 0.1) is 5.69 Å². The number of carbonyl (C=O) groups is 1. The van der Waals surface area contributed by atoms with Gasteiger partial charge in [0.25, 0.3) is 0 Å². The van der Waals surface area contributed by atoms with E-state index in [1.165, 1.54) is 0 Å². The van der Waals surface area contributed by atoms with Gasteiger partial charge in [0, 0.05) is 13.0 Å². The van der Waals surface area contributed by atoms with Crippen molar-refractivity contribution in [3.8, 4) is 0 Å². The van der Waals surface area contributed by atoms with Crippen LogP contribution in [0.2, 0.25) is 0 Å². The lowest BCUT2D eigenvalue weighted by Gasteiger charge is -2.04. The molecule has 3 N–H and O–H groups in total. The normalized spacial score (nSPS) is 13.1. The molecule has 1 amide bonds. The molecule has 5 nitrogen and oxygen atoms in total. The lowest BCUT2D eigenvalue weighted by Crippen LogP contribution is -2.29. The van der Waals surface area contributed by atoms with Gasteiger partial charge in [-0.3, -0.25) is 10.2 Å². The van der Waals surface area contributed by atoms with Crippen LogP contribution in [-0.2, 0) is 4.79 Å². The van der Waals surface area contributed by atoms with Crippen molar-refractivity contribution >= 4 is 23.5 Å². The van der Waals surface area contributed by atoms with E-state index in [0.717, 1.165) is 11.3 Å². The summed E-state index contributed by atoms with van der Waals surface area (Å²) in [6.45, 7) is 0.0133. The number of nitrogens with one attached hydrogen (secondary N) is 2. The largest absolute Gasteiger partial charge is 0.396 e. The molecule has 0 atom stereocenters. The van der Waals surface area contributed by atoms with Gasteiger partial charge in [0.1, 0.15) is 0 Å². The standard InChI is InChI=1S/C13H15N3O2/c17-9-3-6-13(18)14-12-8-7-10-4-1-2-5-11(10)15-16-12/h1-2,4-5,7-8,15,17H,3,6,9H2,(H,14,16,18). The van der Waals surface area contributed by atoms with Gasteiger partial charge < -0.3 is 10.4 Å². The van der Waals surface area contributed by atoms with Crippen LogP contribution >= 0.6 is 0 Å². The van der Waals surface area contributed by atoms with Crippen LogP contribution in [0.3, 0.4) is 0 Å². The van der Waals surface area contributed by atoms with E-state index in [9.17, 15) is 4.79 Å². The number of hydrazone groups is 1. The van der Waals surface area contributed by atoms with E-state index in [-0.39, 0.29) is 18.9 Å². The summed E-state index contributed by atoms with van der Waals surface area (Å²) in [7, 11) is 0. The molecule has 0 spiro atoms. The summed E-state index contributed by atoms with van der Waals surface area (Å²) >= 11 is 0. The molecule has 18 heavy (non-hydrogen) atoms. The SMILES string of the molecule is O=C(CCCO)NC1=NNc2ccccc2C=C1. The van der Waals surface area contributed by atoms with Crippen molar-refractivity contribution in [2.75, 3.05) is 12.0 Å². The third-order valence-corrected chi connectivity index (χ3v) is 2.51. The predicted molar refractivity (Wildman–Crippen MR) is 71.0 cm³/mol. The van der Waals surface area contributed by atoms with E-state index < -0.39 is 0 Å². The number of amides is 1. The number of rotatable bonds is 3. The smallest absolute Gasteiger partial charge is 0.225 e. The van der Waals surface area contributed by atoms with E-state index >= 15 is 0 Å². The maximum atomic E-state index is 11.5. The first-order valence-corrected chi connectivity index (χ1v) is 5.81. The molecule has 0 fully saturated rings. The van der Waals surface area contributed by atoms with Crippen LogP contribution in [-0.4, -0.2) is 23.5 Å². The zero-order valence-corrected chi connectivity index (χ0v) is 9.89. The van der Waals surface area contributed by atoms with Gasteiger partial charge in [-0.25, -0.2) is 0 Å². The zero-order chi connectivity index (χ0) is 12.8. The maximum absolute atomic E-state index is 11.5. The molecule has 5 heteroatoms. The van der Waals surface area contributed by atoms with Crippen molar-refractivity contribution in [3.05, 3.63) is 35.9 Å². The van der Waals surface area contributed by atoms with Crippen LogP contribution in [0.4, 0.5) is 5.69 Å². The van der Waals surface area contributed by atoms with Crippen molar-refractivity contribution < 1.29 is 9.90 Å². The molecule has 1 aliphatic heterocycles. The zero-order valence-electron chi connectivity index (χ0n) is 9.89. The van der Waals surface area contributed by atoms with Crippen LogP contribution in [0.15, 0.2) is 35.4 Å². The molecule has 1 aromatic carbocycles. The lowest BCUT2D eigenvalue weighted by molar-refractivity contribution is -0.119. The molecule has 0 radical (unpaired) electrons. The fourth-order valence-corrected chi connectivity index (χ4v) is 1.59. The summed E-state index contributed by atoms with van der Waals surface area (Å²) in [5.41, 5.74) is 4.81. The van der Waals surface area contributed by atoms with Crippen LogP contribution in [0, 0.1) is 0 Å². The maximum Gasteiger partial charge on any atom is 0.225 e. The monoisotopic (exact) mass is 245 g/mol. The Kier molecular flexibility index (Phi) is 4.09. The topological polar surface area (TPSA) is 73.7 Å². The second-order valence-electron chi connectivity index (χ2n) is 3.90. The quantitative estimate of drug-likeness (QED) is 0.752. The molecule has 0 saturated heterocycles. The van der Waals surface area contributed by atoms with Gasteiger partial charge in [-0.2, -0.15) is 5.10 Å². The third-order valence-electron chi connectivity index (χ3n) is 2.51. The fraction of sp³-hybridized carbons (Fsp3) is 0.231.